The molecule has 0 spiro atoms. The van der Waals surface area contributed by atoms with Crippen molar-refractivity contribution >= 4 is 33.9 Å². The molecule has 1 aromatic rings. The summed E-state index contributed by atoms with van der Waals surface area (Å²) >= 11 is 7.06. The Bertz CT molecular complexity index is 437. The topological polar surface area (TPSA) is 36.4 Å². The standard InChI is InChI=1S/C13H20ClN3OS/c1-3-17-6-4-5-10(17)8-16(2)13-15-11(9-19-13)12(18)7-14/h9-10H,3-8H2,1-2H3. The van der Waals surface area contributed by atoms with Crippen LogP contribution < -0.4 is 4.90 Å². The molecule has 1 aromatic heterocycles. The third-order valence-corrected chi connectivity index (χ3v) is 4.81. The van der Waals surface area contributed by atoms with Gasteiger partial charge in [-0.3, -0.25) is 9.69 Å². The van der Waals surface area contributed by atoms with Crippen LogP contribution in [0.5, 0.6) is 0 Å². The summed E-state index contributed by atoms with van der Waals surface area (Å²) in [4.78, 5) is 20.5. The molecule has 0 amide bonds. The number of likely N-dealkylation sites (N-methyl/N-ethyl adjacent to an activating group) is 2. The Labute approximate surface area is 123 Å². The van der Waals surface area contributed by atoms with Crippen LogP contribution in [-0.4, -0.2) is 54.3 Å². The van der Waals surface area contributed by atoms with E-state index in [0.29, 0.717) is 11.7 Å². The molecule has 0 radical (unpaired) electrons. The Kier molecular flexibility index (Phi) is 5.19. The first-order valence-electron chi connectivity index (χ1n) is 6.65. The number of ketones is 1. The van der Waals surface area contributed by atoms with Gasteiger partial charge in [0.05, 0.1) is 5.88 Å². The third-order valence-electron chi connectivity index (χ3n) is 3.62. The number of carbonyl (C=O) groups is 1. The summed E-state index contributed by atoms with van der Waals surface area (Å²) in [7, 11) is 2.04. The molecule has 0 aromatic carbocycles. The molecule has 0 aliphatic carbocycles. The maximum atomic E-state index is 11.5. The molecule has 19 heavy (non-hydrogen) atoms. The SMILES string of the molecule is CCN1CCCC1CN(C)c1nc(C(=O)CCl)cs1. The average molecular weight is 302 g/mol. The predicted octanol–water partition coefficient (Wildman–Crippen LogP) is 2.49. The maximum absolute atomic E-state index is 11.5. The molecule has 4 nitrogen and oxygen atoms in total. The summed E-state index contributed by atoms with van der Waals surface area (Å²) in [6, 6.07) is 0.603. The monoisotopic (exact) mass is 301 g/mol. The molecule has 1 saturated heterocycles. The lowest BCUT2D eigenvalue weighted by molar-refractivity contribution is 0.101. The van der Waals surface area contributed by atoms with Crippen molar-refractivity contribution < 1.29 is 4.79 Å². The summed E-state index contributed by atoms with van der Waals surface area (Å²) in [5, 5.41) is 2.69. The molecule has 2 heterocycles. The summed E-state index contributed by atoms with van der Waals surface area (Å²) < 4.78 is 0. The molecule has 1 aliphatic rings. The predicted molar refractivity (Wildman–Crippen MR) is 80.7 cm³/mol. The molecule has 0 saturated carbocycles. The van der Waals surface area contributed by atoms with Crippen LogP contribution in [0.4, 0.5) is 5.13 Å². The van der Waals surface area contributed by atoms with E-state index in [1.165, 1.54) is 30.7 Å². The lowest BCUT2D eigenvalue weighted by Crippen LogP contribution is -2.38. The van der Waals surface area contributed by atoms with Crippen molar-refractivity contribution in [2.45, 2.75) is 25.8 Å². The van der Waals surface area contributed by atoms with Gasteiger partial charge in [-0.15, -0.1) is 22.9 Å². The quantitative estimate of drug-likeness (QED) is 0.597. The van der Waals surface area contributed by atoms with Crippen LogP contribution in [0.25, 0.3) is 0 Å². The zero-order valence-electron chi connectivity index (χ0n) is 11.4. The van der Waals surface area contributed by atoms with Crippen molar-refractivity contribution in [3.63, 3.8) is 0 Å². The van der Waals surface area contributed by atoms with E-state index < -0.39 is 0 Å². The first-order chi connectivity index (χ1) is 9.15. The lowest BCUT2D eigenvalue weighted by Gasteiger charge is -2.27. The van der Waals surface area contributed by atoms with Crippen molar-refractivity contribution in [2.24, 2.45) is 0 Å². The maximum Gasteiger partial charge on any atom is 0.196 e. The molecular formula is C13H20ClN3OS. The summed E-state index contributed by atoms with van der Waals surface area (Å²) in [6.45, 7) is 5.48. The number of carbonyl (C=O) groups excluding carboxylic acids is 1. The second-order valence-corrected chi connectivity index (χ2v) is 5.98. The highest BCUT2D eigenvalue weighted by atomic mass is 35.5. The minimum atomic E-state index is -0.103. The second kappa shape index (κ2) is 6.68. The molecule has 1 unspecified atom stereocenters. The van der Waals surface area contributed by atoms with Gasteiger partial charge in [0.15, 0.2) is 10.9 Å². The van der Waals surface area contributed by atoms with E-state index in [1.807, 2.05) is 7.05 Å². The largest absolute Gasteiger partial charge is 0.350 e. The molecule has 1 fully saturated rings. The van der Waals surface area contributed by atoms with Crippen molar-refractivity contribution in [3.8, 4) is 0 Å². The molecule has 6 heteroatoms. The Morgan fingerprint density at radius 3 is 3.16 bits per heavy atom. The van der Waals surface area contributed by atoms with E-state index in [2.05, 4.69) is 21.7 Å². The smallest absolute Gasteiger partial charge is 0.196 e. The lowest BCUT2D eigenvalue weighted by atomic mass is 10.2. The number of halogens is 1. The first kappa shape index (κ1) is 14.8. The first-order valence-corrected chi connectivity index (χ1v) is 8.07. The van der Waals surface area contributed by atoms with E-state index in [-0.39, 0.29) is 11.7 Å². The van der Waals surface area contributed by atoms with Crippen molar-refractivity contribution in [2.75, 3.05) is 37.5 Å². The van der Waals surface area contributed by atoms with Crippen molar-refractivity contribution in [1.82, 2.24) is 9.88 Å². The van der Waals surface area contributed by atoms with Gasteiger partial charge >= 0.3 is 0 Å². The van der Waals surface area contributed by atoms with Crippen LogP contribution in [-0.2, 0) is 0 Å². The zero-order valence-corrected chi connectivity index (χ0v) is 13.0. The summed E-state index contributed by atoms with van der Waals surface area (Å²) in [5.41, 5.74) is 0.487. The van der Waals surface area contributed by atoms with Gasteiger partial charge in [-0.25, -0.2) is 4.98 Å². The summed E-state index contributed by atoms with van der Waals surface area (Å²) in [6.07, 6.45) is 2.53. The van der Waals surface area contributed by atoms with Gasteiger partial charge in [-0.2, -0.15) is 0 Å². The number of hydrogen-bond acceptors (Lipinski definition) is 5. The molecular weight excluding hydrogens is 282 g/mol. The number of aromatic nitrogens is 1. The molecule has 0 N–H and O–H groups in total. The fraction of sp³-hybridized carbons (Fsp3) is 0.692. The van der Waals surface area contributed by atoms with E-state index in [4.69, 9.17) is 11.6 Å². The zero-order chi connectivity index (χ0) is 13.8. The highest BCUT2D eigenvalue weighted by molar-refractivity contribution is 7.13. The number of rotatable bonds is 6. The Morgan fingerprint density at radius 2 is 2.47 bits per heavy atom. The number of likely N-dealkylation sites (tertiary alicyclic amines) is 1. The van der Waals surface area contributed by atoms with Crippen LogP contribution in [0.2, 0.25) is 0 Å². The van der Waals surface area contributed by atoms with Gasteiger partial charge in [-0.1, -0.05) is 6.92 Å². The molecule has 1 aliphatic heterocycles. The average Bonchev–Trinajstić information content (AvgIpc) is 3.06. The van der Waals surface area contributed by atoms with Gasteiger partial charge in [0.2, 0.25) is 0 Å². The number of thiazole rings is 1. The molecule has 2 rings (SSSR count). The van der Waals surface area contributed by atoms with Crippen LogP contribution in [0.3, 0.4) is 0 Å². The Morgan fingerprint density at radius 1 is 1.68 bits per heavy atom. The number of Topliss-reactive ketones (excluding diaryl/α,β-unsaturated/α-hetero) is 1. The minimum Gasteiger partial charge on any atom is -0.350 e. The molecule has 106 valence electrons. The van der Waals surface area contributed by atoms with E-state index >= 15 is 0 Å². The fourth-order valence-corrected chi connectivity index (χ4v) is 3.49. The van der Waals surface area contributed by atoms with Gasteiger partial charge in [0.25, 0.3) is 0 Å². The van der Waals surface area contributed by atoms with Crippen LogP contribution >= 0.6 is 22.9 Å². The number of hydrogen-bond donors (Lipinski definition) is 0. The second-order valence-electron chi connectivity index (χ2n) is 4.88. The molecule has 0 bridgehead atoms. The van der Waals surface area contributed by atoms with Gasteiger partial charge in [0.1, 0.15) is 5.69 Å². The fourth-order valence-electron chi connectivity index (χ4n) is 2.55. The Balaban J connectivity index is 1.97. The highest BCUT2D eigenvalue weighted by Crippen LogP contribution is 2.23. The normalized spacial score (nSPS) is 19.8. The number of alkyl halides is 1. The highest BCUT2D eigenvalue weighted by Gasteiger charge is 2.25. The van der Waals surface area contributed by atoms with E-state index in [9.17, 15) is 4.79 Å². The minimum absolute atomic E-state index is 0.000868. The Hall–Kier alpha value is -0.650. The van der Waals surface area contributed by atoms with Crippen LogP contribution in [0.1, 0.15) is 30.3 Å². The van der Waals surface area contributed by atoms with Crippen molar-refractivity contribution in [3.05, 3.63) is 11.1 Å². The van der Waals surface area contributed by atoms with Crippen LogP contribution in [0.15, 0.2) is 5.38 Å². The molecule has 1 atom stereocenters. The van der Waals surface area contributed by atoms with E-state index in [0.717, 1.165) is 18.2 Å². The number of nitrogens with zero attached hydrogens (tertiary/aromatic N) is 3. The van der Waals surface area contributed by atoms with Crippen molar-refractivity contribution in [1.29, 1.82) is 0 Å². The van der Waals surface area contributed by atoms with Gasteiger partial charge < -0.3 is 4.90 Å². The van der Waals surface area contributed by atoms with E-state index in [1.54, 1.807) is 5.38 Å². The third kappa shape index (κ3) is 3.46. The number of anilines is 1. The van der Waals surface area contributed by atoms with Gasteiger partial charge in [-0.05, 0) is 25.9 Å². The summed E-state index contributed by atoms with van der Waals surface area (Å²) in [5.74, 6) is -0.104. The van der Waals surface area contributed by atoms with Gasteiger partial charge in [0, 0.05) is 25.0 Å². The van der Waals surface area contributed by atoms with Crippen LogP contribution in [0, 0.1) is 0 Å².